The molecule has 3 N–H and O–H groups in total. The van der Waals surface area contributed by atoms with Crippen LogP contribution < -0.4 is 11.4 Å². The van der Waals surface area contributed by atoms with Gasteiger partial charge in [-0.25, -0.2) is 4.79 Å². The Balaban J connectivity index is 0.000000640. The first-order chi connectivity index (χ1) is 3.79. The minimum absolute atomic E-state index is 0. The highest BCUT2D eigenvalue weighted by molar-refractivity contribution is 14.0. The van der Waals surface area contributed by atoms with Gasteiger partial charge >= 0.3 is 5.69 Å². The molecule has 5 heteroatoms. The van der Waals surface area contributed by atoms with Gasteiger partial charge in [0.25, 0.3) is 0 Å². The molecule has 0 aliphatic rings. The third-order valence-electron chi connectivity index (χ3n) is 0.692. The third kappa shape index (κ3) is 2.45. The monoisotopic (exact) mass is 239 g/mol. The predicted octanol–water partition coefficient (Wildman–Crippen LogP) is -0.0299. The number of aromatic amines is 1. The standard InChI is InChI=1S/C4H5N3O.HI/c5-3-1-2-6-4(8)7-3;/h1-2H,(H3,5,6,7,8);1H. The molecule has 50 valence electrons. The number of nitrogen functional groups attached to an aromatic ring is 1. The second-order valence-electron chi connectivity index (χ2n) is 1.32. The molecule has 1 aromatic rings. The number of aromatic nitrogens is 2. The molecule has 0 saturated carbocycles. The third-order valence-corrected chi connectivity index (χ3v) is 0.692. The van der Waals surface area contributed by atoms with Gasteiger partial charge in [0.1, 0.15) is 5.82 Å². The van der Waals surface area contributed by atoms with Crippen molar-refractivity contribution in [2.75, 3.05) is 5.73 Å². The van der Waals surface area contributed by atoms with E-state index < -0.39 is 5.69 Å². The Hall–Kier alpha value is -0.590. The Morgan fingerprint density at radius 2 is 2.33 bits per heavy atom. The summed E-state index contributed by atoms with van der Waals surface area (Å²) in [7, 11) is 0. The lowest BCUT2D eigenvalue weighted by atomic mass is 10.6. The van der Waals surface area contributed by atoms with E-state index in [-0.39, 0.29) is 29.8 Å². The molecular formula is C4H6IN3O. The van der Waals surface area contributed by atoms with Crippen LogP contribution in [0.15, 0.2) is 17.1 Å². The van der Waals surface area contributed by atoms with E-state index >= 15 is 0 Å². The van der Waals surface area contributed by atoms with Crippen LogP contribution in [0.4, 0.5) is 5.82 Å². The molecular weight excluding hydrogens is 233 g/mol. The maximum Gasteiger partial charge on any atom is 0.346 e. The number of halogens is 1. The minimum atomic E-state index is -0.412. The van der Waals surface area contributed by atoms with Crippen LogP contribution in [0.1, 0.15) is 0 Å². The smallest absolute Gasteiger partial charge is 0.346 e. The van der Waals surface area contributed by atoms with Crippen LogP contribution >= 0.6 is 24.0 Å². The molecule has 0 spiro atoms. The zero-order valence-corrected chi connectivity index (χ0v) is 6.83. The SMILES string of the molecule is I.Nc1cc[nH]c(=O)n1. The summed E-state index contributed by atoms with van der Waals surface area (Å²) in [6.07, 6.45) is 1.45. The van der Waals surface area contributed by atoms with E-state index in [0.717, 1.165) is 0 Å². The summed E-state index contributed by atoms with van der Waals surface area (Å²) in [5.41, 5.74) is 4.72. The minimum Gasteiger partial charge on any atom is -0.383 e. The van der Waals surface area contributed by atoms with E-state index in [0.29, 0.717) is 0 Å². The summed E-state index contributed by atoms with van der Waals surface area (Å²) in [6, 6.07) is 1.52. The molecule has 0 bridgehead atoms. The fourth-order valence-electron chi connectivity index (χ4n) is 0.385. The average Bonchev–Trinajstić information content (AvgIpc) is 1.64. The van der Waals surface area contributed by atoms with Gasteiger partial charge in [-0.3, -0.25) is 0 Å². The van der Waals surface area contributed by atoms with E-state index in [1.54, 1.807) is 0 Å². The number of nitrogens with two attached hydrogens (primary N) is 1. The van der Waals surface area contributed by atoms with E-state index in [4.69, 9.17) is 5.73 Å². The number of hydrogen-bond acceptors (Lipinski definition) is 3. The van der Waals surface area contributed by atoms with E-state index in [2.05, 4.69) is 9.97 Å². The largest absolute Gasteiger partial charge is 0.383 e. The molecule has 0 unspecified atom stereocenters. The summed E-state index contributed by atoms with van der Waals surface area (Å²) >= 11 is 0. The lowest BCUT2D eigenvalue weighted by Gasteiger charge is -1.83. The summed E-state index contributed by atoms with van der Waals surface area (Å²) in [4.78, 5) is 15.9. The first-order valence-corrected chi connectivity index (χ1v) is 2.10. The Morgan fingerprint density at radius 1 is 1.67 bits per heavy atom. The number of hydrogen-bond donors (Lipinski definition) is 2. The number of nitrogens with zero attached hydrogens (tertiary/aromatic N) is 1. The Kier molecular flexibility index (Phi) is 3.21. The molecule has 4 nitrogen and oxygen atoms in total. The van der Waals surface area contributed by atoms with Crippen LogP contribution in [-0.2, 0) is 0 Å². The van der Waals surface area contributed by atoms with Crippen molar-refractivity contribution < 1.29 is 0 Å². The maximum absolute atomic E-state index is 10.2. The molecule has 9 heavy (non-hydrogen) atoms. The van der Waals surface area contributed by atoms with Crippen LogP contribution in [0.2, 0.25) is 0 Å². The molecule has 0 atom stereocenters. The Bertz CT molecular complexity index is 233. The molecule has 0 saturated heterocycles. The van der Waals surface area contributed by atoms with Crippen molar-refractivity contribution in [3.05, 3.63) is 22.7 Å². The van der Waals surface area contributed by atoms with Gasteiger partial charge in [-0.05, 0) is 6.07 Å². The van der Waals surface area contributed by atoms with Crippen LogP contribution in [-0.4, -0.2) is 9.97 Å². The molecule has 0 aliphatic carbocycles. The van der Waals surface area contributed by atoms with Gasteiger partial charge in [0.15, 0.2) is 0 Å². The fraction of sp³-hybridized carbons (Fsp3) is 0. The lowest BCUT2D eigenvalue weighted by Crippen LogP contribution is -2.10. The summed E-state index contributed by atoms with van der Waals surface area (Å²) in [5, 5.41) is 0. The summed E-state index contributed by atoms with van der Waals surface area (Å²) in [5.74, 6) is 0.244. The second kappa shape index (κ2) is 3.44. The number of anilines is 1. The van der Waals surface area contributed by atoms with Crippen molar-refractivity contribution in [1.29, 1.82) is 0 Å². The van der Waals surface area contributed by atoms with Gasteiger partial charge in [0, 0.05) is 6.20 Å². The summed E-state index contributed by atoms with van der Waals surface area (Å²) < 4.78 is 0. The lowest BCUT2D eigenvalue weighted by molar-refractivity contribution is 1.08. The predicted molar refractivity (Wildman–Crippen MR) is 44.7 cm³/mol. The van der Waals surface area contributed by atoms with E-state index in [1.807, 2.05) is 0 Å². The number of H-pyrrole nitrogens is 1. The van der Waals surface area contributed by atoms with Crippen molar-refractivity contribution in [2.24, 2.45) is 0 Å². The molecule has 1 heterocycles. The second-order valence-corrected chi connectivity index (χ2v) is 1.32. The topological polar surface area (TPSA) is 71.8 Å². The summed E-state index contributed by atoms with van der Waals surface area (Å²) in [6.45, 7) is 0. The molecule has 1 aromatic heterocycles. The van der Waals surface area contributed by atoms with Crippen molar-refractivity contribution in [3.8, 4) is 0 Å². The van der Waals surface area contributed by atoms with Crippen LogP contribution in [0.3, 0.4) is 0 Å². The molecule has 0 amide bonds. The Morgan fingerprint density at radius 3 is 2.67 bits per heavy atom. The van der Waals surface area contributed by atoms with Crippen molar-refractivity contribution in [1.82, 2.24) is 9.97 Å². The normalized spacial score (nSPS) is 8.00. The quantitative estimate of drug-likeness (QED) is 0.624. The van der Waals surface area contributed by atoms with Gasteiger partial charge in [0.05, 0.1) is 0 Å². The maximum atomic E-state index is 10.2. The van der Waals surface area contributed by atoms with Gasteiger partial charge < -0.3 is 10.7 Å². The zero-order valence-electron chi connectivity index (χ0n) is 4.50. The van der Waals surface area contributed by atoms with Crippen LogP contribution in [0.25, 0.3) is 0 Å². The van der Waals surface area contributed by atoms with E-state index in [9.17, 15) is 4.79 Å². The van der Waals surface area contributed by atoms with Crippen molar-refractivity contribution in [3.63, 3.8) is 0 Å². The fourth-order valence-corrected chi connectivity index (χ4v) is 0.385. The zero-order chi connectivity index (χ0) is 5.98. The van der Waals surface area contributed by atoms with Crippen LogP contribution in [0, 0.1) is 0 Å². The van der Waals surface area contributed by atoms with Gasteiger partial charge in [0.2, 0.25) is 0 Å². The van der Waals surface area contributed by atoms with Gasteiger partial charge in [-0.15, -0.1) is 24.0 Å². The van der Waals surface area contributed by atoms with Gasteiger partial charge in [-0.1, -0.05) is 0 Å². The molecule has 0 aromatic carbocycles. The van der Waals surface area contributed by atoms with Gasteiger partial charge in [-0.2, -0.15) is 4.98 Å². The highest BCUT2D eigenvalue weighted by atomic mass is 127. The van der Waals surface area contributed by atoms with Crippen molar-refractivity contribution in [2.45, 2.75) is 0 Å². The first kappa shape index (κ1) is 8.41. The van der Waals surface area contributed by atoms with Crippen molar-refractivity contribution >= 4 is 29.8 Å². The molecule has 0 fully saturated rings. The first-order valence-electron chi connectivity index (χ1n) is 2.10. The molecule has 0 aliphatic heterocycles. The average molecular weight is 239 g/mol. The molecule has 0 radical (unpaired) electrons. The highest BCUT2D eigenvalue weighted by Crippen LogP contribution is 1.82. The molecule has 1 rings (SSSR count). The number of rotatable bonds is 0. The number of nitrogens with one attached hydrogen (secondary N) is 1. The highest BCUT2D eigenvalue weighted by Gasteiger charge is 1.81. The van der Waals surface area contributed by atoms with Crippen LogP contribution in [0.5, 0.6) is 0 Å². The van der Waals surface area contributed by atoms with E-state index in [1.165, 1.54) is 12.3 Å². The Labute approximate surface area is 68.5 Å².